The molecule has 2 aliphatic rings. The Labute approximate surface area is 244 Å². The molecular formula is C30H38N6O4S. The van der Waals surface area contributed by atoms with Gasteiger partial charge >= 0.3 is 11.8 Å². The number of anilines is 1. The molecule has 3 atom stereocenters. The summed E-state index contributed by atoms with van der Waals surface area (Å²) in [5.74, 6) is -1.47. The number of carbonyl (C=O) groups excluding carboxylic acids is 3. The number of hydrogen-bond acceptors (Lipinski definition) is 8. The second-order valence-corrected chi connectivity index (χ2v) is 13.2. The number of thiazole rings is 1. The largest absolute Gasteiger partial charge is 0.480 e. The third kappa shape index (κ3) is 5.92. The summed E-state index contributed by atoms with van der Waals surface area (Å²) in [5, 5.41) is 3.75. The molecule has 2 fully saturated rings. The van der Waals surface area contributed by atoms with Gasteiger partial charge in [-0.25, -0.2) is 9.97 Å². The van der Waals surface area contributed by atoms with Crippen molar-refractivity contribution in [2.75, 3.05) is 39.1 Å². The minimum absolute atomic E-state index is 0.0155. The zero-order valence-electron chi connectivity index (χ0n) is 24.3. The van der Waals surface area contributed by atoms with E-state index in [4.69, 9.17) is 15.5 Å². The molecule has 3 aromatic rings. The highest BCUT2D eigenvalue weighted by atomic mass is 32.1. The van der Waals surface area contributed by atoms with E-state index in [2.05, 4.69) is 61.2 Å². The van der Waals surface area contributed by atoms with Crippen LogP contribution in [0.2, 0.25) is 0 Å². The molecule has 10 nitrogen and oxygen atoms in total. The number of likely N-dealkylation sites (tertiary alicyclic amines) is 2. The van der Waals surface area contributed by atoms with E-state index in [1.807, 2.05) is 0 Å². The van der Waals surface area contributed by atoms with Crippen LogP contribution in [0.3, 0.4) is 0 Å². The molecule has 1 aromatic carbocycles. The highest BCUT2D eigenvalue weighted by molar-refractivity contribution is 7.18. The Bertz CT molecular complexity index is 1490. The molecule has 41 heavy (non-hydrogen) atoms. The number of rotatable bonds is 5. The van der Waals surface area contributed by atoms with E-state index in [9.17, 15) is 14.4 Å². The Morgan fingerprint density at radius 3 is 2.66 bits per heavy atom. The van der Waals surface area contributed by atoms with Gasteiger partial charge in [0.15, 0.2) is 0 Å². The summed E-state index contributed by atoms with van der Waals surface area (Å²) in [5.41, 5.74) is 7.67. The van der Waals surface area contributed by atoms with Gasteiger partial charge in [0.1, 0.15) is 5.56 Å². The minimum atomic E-state index is -0.798. The second-order valence-electron chi connectivity index (χ2n) is 12.1. The molecule has 218 valence electrons. The van der Waals surface area contributed by atoms with E-state index in [-0.39, 0.29) is 34.5 Å². The zero-order valence-corrected chi connectivity index (χ0v) is 25.1. The summed E-state index contributed by atoms with van der Waals surface area (Å²) in [7, 11) is 3.54. The van der Waals surface area contributed by atoms with Gasteiger partial charge in [0.25, 0.3) is 5.91 Å². The van der Waals surface area contributed by atoms with Crippen LogP contribution in [0.25, 0.3) is 10.2 Å². The second kappa shape index (κ2) is 11.4. The lowest BCUT2D eigenvalue weighted by atomic mass is 9.74. The first-order valence-corrected chi connectivity index (χ1v) is 14.8. The average molecular weight is 579 g/mol. The third-order valence-electron chi connectivity index (χ3n) is 8.37. The first kappa shape index (κ1) is 28.9. The lowest BCUT2D eigenvalue weighted by molar-refractivity contribution is -0.146. The molecule has 2 unspecified atom stereocenters. The number of nitrogens with zero attached hydrogens (tertiary/aromatic N) is 4. The Hall–Kier alpha value is -3.57. The van der Waals surface area contributed by atoms with E-state index in [1.165, 1.54) is 24.4 Å². The van der Waals surface area contributed by atoms with Gasteiger partial charge in [-0.1, -0.05) is 26.8 Å². The lowest BCUT2D eigenvalue weighted by Crippen LogP contribution is -2.46. The van der Waals surface area contributed by atoms with Gasteiger partial charge in [0, 0.05) is 19.0 Å². The van der Waals surface area contributed by atoms with Crippen LogP contribution >= 0.6 is 11.3 Å². The number of benzene rings is 1. The van der Waals surface area contributed by atoms with E-state index in [1.54, 1.807) is 16.2 Å². The fourth-order valence-electron chi connectivity index (χ4n) is 6.30. The highest BCUT2D eigenvalue weighted by Gasteiger charge is 2.38. The molecule has 0 aliphatic carbocycles. The molecule has 0 radical (unpaired) electrons. The van der Waals surface area contributed by atoms with E-state index >= 15 is 0 Å². The van der Waals surface area contributed by atoms with Gasteiger partial charge in [0.2, 0.25) is 5.88 Å². The van der Waals surface area contributed by atoms with Gasteiger partial charge in [-0.05, 0) is 68.0 Å². The molecule has 3 amide bonds. The summed E-state index contributed by atoms with van der Waals surface area (Å²) in [6, 6.07) is 7.37. The number of fused-ring (bicyclic) bond motifs is 1. The van der Waals surface area contributed by atoms with Gasteiger partial charge in [-0.3, -0.25) is 14.4 Å². The van der Waals surface area contributed by atoms with Crippen molar-refractivity contribution in [1.29, 1.82) is 0 Å². The summed E-state index contributed by atoms with van der Waals surface area (Å²) < 4.78 is 6.19. The monoisotopic (exact) mass is 578 g/mol. The number of methoxy groups -OCH3 is 1. The third-order valence-corrected chi connectivity index (χ3v) is 9.52. The maximum Gasteiger partial charge on any atom is 0.313 e. The van der Waals surface area contributed by atoms with Crippen molar-refractivity contribution in [3.05, 3.63) is 46.6 Å². The van der Waals surface area contributed by atoms with Crippen LogP contribution in [0.4, 0.5) is 5.69 Å². The fourth-order valence-corrected chi connectivity index (χ4v) is 7.59. The number of nitrogens with two attached hydrogens (primary N) is 1. The van der Waals surface area contributed by atoms with Crippen molar-refractivity contribution in [2.45, 2.75) is 52.0 Å². The summed E-state index contributed by atoms with van der Waals surface area (Å²) in [6.45, 7) is 9.28. The normalized spacial score (nSPS) is 22.9. The lowest BCUT2D eigenvalue weighted by Gasteiger charge is -2.42. The topological polar surface area (TPSA) is 131 Å². The maximum atomic E-state index is 13.5. The summed E-state index contributed by atoms with van der Waals surface area (Å²) in [6.07, 6.45) is 4.11. The van der Waals surface area contributed by atoms with Crippen LogP contribution in [0.15, 0.2) is 30.5 Å². The molecule has 4 heterocycles. The van der Waals surface area contributed by atoms with Crippen molar-refractivity contribution in [3.63, 3.8) is 0 Å². The molecule has 0 bridgehead atoms. The standard InChI is InChI=1S/C30H38N6O4S/c1-17-6-8-23(36(15-17)29(39)26(38)33-19-13-20(25(31)37)27(40-5)32-14-19)18-7-9-24-22(12-18)34-28(41-24)21-10-11-35(4)16-30(21,2)3/h7,9,12-14,17,21,23H,6,8,10-11,15-16H2,1-5H3,(H2,31,37)(H,33,38)/t17-,21?,23?/m0/s1. The zero-order chi connectivity index (χ0) is 29.5. The summed E-state index contributed by atoms with van der Waals surface area (Å²) in [4.78, 5) is 51.5. The SMILES string of the molecule is COc1ncc(NC(=O)C(=O)N2C[C@@H](C)CCC2c2ccc3sc(C4CCN(C)CC4(C)C)nc3c2)cc1C(N)=O. The molecule has 5 rings (SSSR count). The number of hydrogen-bond donors (Lipinski definition) is 2. The predicted molar refractivity (Wildman–Crippen MR) is 159 cm³/mol. The van der Waals surface area contributed by atoms with Crippen molar-refractivity contribution in [2.24, 2.45) is 17.1 Å². The number of aromatic nitrogens is 2. The number of carbonyl (C=O) groups is 3. The number of ether oxygens (including phenoxy) is 1. The van der Waals surface area contributed by atoms with Crippen LogP contribution in [0, 0.1) is 11.3 Å². The highest BCUT2D eigenvalue weighted by Crippen LogP contribution is 2.45. The number of piperidine rings is 2. The smallest absolute Gasteiger partial charge is 0.313 e. The van der Waals surface area contributed by atoms with E-state index in [0.717, 1.165) is 48.1 Å². The Morgan fingerprint density at radius 2 is 1.95 bits per heavy atom. The Kier molecular flexibility index (Phi) is 8.02. The van der Waals surface area contributed by atoms with Crippen molar-refractivity contribution < 1.29 is 19.1 Å². The van der Waals surface area contributed by atoms with Gasteiger partial charge in [-0.2, -0.15) is 0 Å². The molecule has 0 saturated carbocycles. The van der Waals surface area contributed by atoms with Crippen LogP contribution in [0.1, 0.15) is 72.9 Å². The molecule has 2 saturated heterocycles. The fraction of sp³-hybridized carbons (Fsp3) is 0.500. The predicted octanol–water partition coefficient (Wildman–Crippen LogP) is 4.18. The van der Waals surface area contributed by atoms with Crippen LogP contribution in [-0.2, 0) is 9.59 Å². The van der Waals surface area contributed by atoms with Crippen molar-refractivity contribution in [1.82, 2.24) is 19.8 Å². The van der Waals surface area contributed by atoms with Gasteiger partial charge in [0.05, 0.1) is 40.3 Å². The molecule has 2 aliphatic heterocycles. The molecular weight excluding hydrogens is 540 g/mol. The quantitative estimate of drug-likeness (QED) is 0.434. The number of nitrogens with one attached hydrogen (secondary N) is 1. The Balaban J connectivity index is 1.38. The van der Waals surface area contributed by atoms with Crippen LogP contribution in [-0.4, -0.2) is 71.3 Å². The van der Waals surface area contributed by atoms with Crippen LogP contribution < -0.4 is 15.8 Å². The first-order chi connectivity index (χ1) is 19.5. The van der Waals surface area contributed by atoms with Gasteiger partial charge < -0.3 is 25.6 Å². The molecule has 0 spiro atoms. The van der Waals surface area contributed by atoms with E-state index in [0.29, 0.717) is 12.5 Å². The van der Waals surface area contributed by atoms with E-state index < -0.39 is 17.7 Å². The van der Waals surface area contributed by atoms with Crippen LogP contribution in [0.5, 0.6) is 5.88 Å². The number of pyridine rings is 1. The van der Waals surface area contributed by atoms with Gasteiger partial charge in [-0.15, -0.1) is 11.3 Å². The van der Waals surface area contributed by atoms with Crippen molar-refractivity contribution >= 4 is 45.0 Å². The Morgan fingerprint density at radius 1 is 1.17 bits per heavy atom. The number of amides is 3. The molecule has 11 heteroatoms. The first-order valence-electron chi connectivity index (χ1n) is 14.0. The maximum absolute atomic E-state index is 13.5. The van der Waals surface area contributed by atoms with Crippen molar-refractivity contribution in [3.8, 4) is 5.88 Å². The molecule has 2 aromatic heterocycles. The number of primary amides is 1. The molecule has 3 N–H and O–H groups in total. The average Bonchev–Trinajstić information content (AvgIpc) is 3.34. The minimum Gasteiger partial charge on any atom is -0.480 e. The summed E-state index contributed by atoms with van der Waals surface area (Å²) >= 11 is 1.76.